The maximum atomic E-state index is 13.2. The van der Waals surface area contributed by atoms with Crippen LogP contribution in [-0.4, -0.2) is 43.3 Å². The molecule has 7 nitrogen and oxygen atoms in total. The number of carbonyl (C=O) groups is 1. The van der Waals surface area contributed by atoms with Crippen LogP contribution in [0, 0.1) is 0 Å². The third-order valence-electron chi connectivity index (χ3n) is 7.19. The first-order chi connectivity index (χ1) is 20.7. The summed E-state index contributed by atoms with van der Waals surface area (Å²) in [7, 11) is 0. The standard InChI is InChI=1S/C32H27ClF3NO6/c33-25-6-3-20(17-24(25)32(34,35)36)16-21(38)15-19-1-4-22(5-2-19)42-27-7-10-37-26-18-28(43-23-8-11-39-12-9-23)30-31(29(26)27)41-14-13-40-30/h1-7,10,17-18,23H,8-9,11-16H2. The molecule has 1 saturated heterocycles. The Hall–Kier alpha value is -4.02. The van der Waals surface area contributed by atoms with Gasteiger partial charge in [0.1, 0.15) is 36.6 Å². The Morgan fingerprint density at radius 3 is 2.33 bits per heavy atom. The van der Waals surface area contributed by atoms with E-state index in [9.17, 15) is 18.0 Å². The molecule has 11 heteroatoms. The van der Waals surface area contributed by atoms with Gasteiger partial charge in [0.25, 0.3) is 0 Å². The fourth-order valence-electron chi connectivity index (χ4n) is 5.14. The third-order valence-corrected chi connectivity index (χ3v) is 7.52. The summed E-state index contributed by atoms with van der Waals surface area (Å²) in [6.45, 7) is 2.05. The van der Waals surface area contributed by atoms with Gasteiger partial charge < -0.3 is 23.7 Å². The molecule has 0 saturated carbocycles. The van der Waals surface area contributed by atoms with Gasteiger partial charge in [-0.05, 0) is 41.5 Å². The molecule has 0 N–H and O–H groups in total. The van der Waals surface area contributed by atoms with Gasteiger partial charge in [-0.2, -0.15) is 13.2 Å². The van der Waals surface area contributed by atoms with Crippen molar-refractivity contribution < 1.29 is 41.7 Å². The average molecular weight is 614 g/mol. The summed E-state index contributed by atoms with van der Waals surface area (Å²) in [4.78, 5) is 17.2. The number of benzene rings is 3. The molecule has 3 aromatic carbocycles. The Bertz CT molecular complexity index is 1640. The largest absolute Gasteiger partial charge is 0.486 e. The Morgan fingerprint density at radius 2 is 1.58 bits per heavy atom. The van der Waals surface area contributed by atoms with Gasteiger partial charge in [0.05, 0.1) is 34.7 Å². The number of nitrogens with zero attached hydrogens (tertiary/aromatic N) is 1. The zero-order valence-corrected chi connectivity index (χ0v) is 23.7. The van der Waals surface area contributed by atoms with Gasteiger partial charge in [0.2, 0.25) is 5.75 Å². The van der Waals surface area contributed by atoms with Crippen molar-refractivity contribution in [3.05, 3.63) is 82.5 Å². The smallest absolute Gasteiger partial charge is 0.417 e. The second kappa shape index (κ2) is 12.3. The summed E-state index contributed by atoms with van der Waals surface area (Å²) in [6.07, 6.45) is -1.47. The first-order valence-corrected chi connectivity index (χ1v) is 14.2. The molecule has 43 heavy (non-hydrogen) atoms. The molecule has 0 radical (unpaired) electrons. The van der Waals surface area contributed by atoms with Gasteiger partial charge in [-0.1, -0.05) is 29.8 Å². The van der Waals surface area contributed by atoms with Gasteiger partial charge in [-0.3, -0.25) is 9.78 Å². The second-order valence-corrected chi connectivity index (χ2v) is 10.7. The molecule has 2 aliphatic rings. The molecule has 0 amide bonds. The third kappa shape index (κ3) is 6.65. The molecular weight excluding hydrogens is 587 g/mol. The number of Topliss-reactive ketones (excluding diaryl/α,β-unsaturated/α-hetero) is 1. The Morgan fingerprint density at radius 1 is 0.884 bits per heavy atom. The van der Waals surface area contributed by atoms with Crippen LogP contribution in [0.1, 0.15) is 29.5 Å². The van der Waals surface area contributed by atoms with Crippen LogP contribution in [0.15, 0.2) is 60.8 Å². The predicted molar refractivity (Wildman–Crippen MR) is 153 cm³/mol. The predicted octanol–water partition coefficient (Wildman–Crippen LogP) is 7.38. The van der Waals surface area contributed by atoms with Crippen LogP contribution in [0.4, 0.5) is 13.2 Å². The van der Waals surface area contributed by atoms with Gasteiger partial charge >= 0.3 is 6.18 Å². The van der Waals surface area contributed by atoms with Crippen molar-refractivity contribution in [3.63, 3.8) is 0 Å². The number of halogens is 4. The summed E-state index contributed by atoms with van der Waals surface area (Å²) < 4.78 is 69.5. The fourth-order valence-corrected chi connectivity index (χ4v) is 5.36. The molecule has 0 atom stereocenters. The zero-order valence-electron chi connectivity index (χ0n) is 22.9. The zero-order chi connectivity index (χ0) is 30.0. The van der Waals surface area contributed by atoms with Crippen LogP contribution in [0.5, 0.6) is 28.7 Å². The van der Waals surface area contributed by atoms with Crippen LogP contribution in [0.2, 0.25) is 5.02 Å². The van der Waals surface area contributed by atoms with E-state index in [1.165, 1.54) is 6.07 Å². The molecule has 1 fully saturated rings. The number of pyridine rings is 1. The molecule has 0 bridgehead atoms. The number of ketones is 1. The first kappa shape index (κ1) is 29.1. The maximum absolute atomic E-state index is 13.2. The number of fused-ring (bicyclic) bond motifs is 3. The van der Waals surface area contributed by atoms with Crippen molar-refractivity contribution in [2.24, 2.45) is 0 Å². The van der Waals surface area contributed by atoms with Crippen molar-refractivity contribution in [3.8, 4) is 28.7 Å². The van der Waals surface area contributed by atoms with E-state index in [1.807, 2.05) is 6.07 Å². The lowest BCUT2D eigenvalue weighted by molar-refractivity contribution is -0.137. The van der Waals surface area contributed by atoms with Gasteiger partial charge in [-0.15, -0.1) is 0 Å². The highest BCUT2D eigenvalue weighted by Gasteiger charge is 2.33. The highest BCUT2D eigenvalue weighted by molar-refractivity contribution is 6.31. The number of carbonyl (C=O) groups excluding carboxylic acids is 1. The molecular formula is C32H27ClF3NO6. The summed E-state index contributed by atoms with van der Waals surface area (Å²) in [6, 6.07) is 14.0. The van der Waals surface area contributed by atoms with E-state index in [0.717, 1.165) is 25.0 Å². The fraction of sp³-hybridized carbons (Fsp3) is 0.312. The topological polar surface area (TPSA) is 76.1 Å². The number of rotatable bonds is 8. The van der Waals surface area contributed by atoms with E-state index < -0.39 is 16.8 Å². The van der Waals surface area contributed by atoms with Gasteiger partial charge in [0.15, 0.2) is 11.5 Å². The SMILES string of the molecule is O=C(Cc1ccc(Oc2ccnc3cc(OC4CCOCC4)c4c(c23)OCCO4)cc1)Cc1ccc(Cl)c(C(F)(F)F)c1. The normalized spacial score (nSPS) is 15.3. The molecule has 0 unspecified atom stereocenters. The number of hydrogen-bond donors (Lipinski definition) is 0. The highest BCUT2D eigenvalue weighted by Crippen LogP contribution is 2.49. The quantitative estimate of drug-likeness (QED) is 0.205. The van der Waals surface area contributed by atoms with E-state index in [0.29, 0.717) is 71.6 Å². The summed E-state index contributed by atoms with van der Waals surface area (Å²) in [5.74, 6) is 2.39. The number of alkyl halides is 3. The van der Waals surface area contributed by atoms with Gasteiger partial charge in [-0.25, -0.2) is 0 Å². The van der Waals surface area contributed by atoms with Crippen molar-refractivity contribution in [1.29, 1.82) is 0 Å². The molecule has 4 aromatic rings. The minimum absolute atomic E-state index is 0.00852. The lowest BCUT2D eigenvalue weighted by atomic mass is 10.0. The monoisotopic (exact) mass is 613 g/mol. The minimum Gasteiger partial charge on any atom is -0.486 e. The minimum atomic E-state index is -4.59. The first-order valence-electron chi connectivity index (χ1n) is 13.8. The molecule has 2 aliphatic heterocycles. The van der Waals surface area contributed by atoms with E-state index in [-0.39, 0.29) is 30.3 Å². The van der Waals surface area contributed by atoms with E-state index in [2.05, 4.69) is 4.98 Å². The maximum Gasteiger partial charge on any atom is 0.417 e. The summed E-state index contributed by atoms with van der Waals surface area (Å²) in [5.41, 5.74) is 0.626. The van der Waals surface area contributed by atoms with E-state index >= 15 is 0 Å². The molecule has 3 heterocycles. The van der Waals surface area contributed by atoms with Crippen LogP contribution in [0.25, 0.3) is 10.9 Å². The second-order valence-electron chi connectivity index (χ2n) is 10.3. The number of hydrogen-bond acceptors (Lipinski definition) is 7. The molecule has 0 aliphatic carbocycles. The van der Waals surface area contributed by atoms with Crippen LogP contribution >= 0.6 is 11.6 Å². The van der Waals surface area contributed by atoms with Gasteiger partial charge in [0, 0.05) is 37.9 Å². The Kier molecular flexibility index (Phi) is 8.32. The summed E-state index contributed by atoms with van der Waals surface area (Å²) >= 11 is 5.69. The lowest BCUT2D eigenvalue weighted by Crippen LogP contribution is -2.26. The van der Waals surface area contributed by atoms with E-state index in [1.54, 1.807) is 36.5 Å². The van der Waals surface area contributed by atoms with Crippen molar-refractivity contribution >= 4 is 28.3 Å². The molecule has 1 aromatic heterocycles. The molecule has 0 spiro atoms. The number of aromatic nitrogens is 1. The van der Waals surface area contributed by atoms with Crippen LogP contribution in [0.3, 0.4) is 0 Å². The molecule has 6 rings (SSSR count). The van der Waals surface area contributed by atoms with Crippen LogP contribution < -0.4 is 18.9 Å². The summed E-state index contributed by atoms with van der Waals surface area (Å²) in [5, 5.41) is 0.251. The Balaban J connectivity index is 1.18. The highest BCUT2D eigenvalue weighted by atomic mass is 35.5. The van der Waals surface area contributed by atoms with Crippen molar-refractivity contribution in [2.75, 3.05) is 26.4 Å². The average Bonchev–Trinajstić information content (AvgIpc) is 2.99. The van der Waals surface area contributed by atoms with Crippen molar-refractivity contribution in [1.82, 2.24) is 4.98 Å². The molecule has 224 valence electrons. The lowest BCUT2D eigenvalue weighted by Gasteiger charge is -2.27. The Labute approximate surface area is 250 Å². The van der Waals surface area contributed by atoms with E-state index in [4.69, 9.17) is 35.3 Å². The van der Waals surface area contributed by atoms with Crippen LogP contribution in [-0.2, 0) is 28.5 Å². The number of ether oxygens (including phenoxy) is 5. The van der Waals surface area contributed by atoms with Crippen molar-refractivity contribution in [2.45, 2.75) is 38.0 Å².